The van der Waals surface area contributed by atoms with Gasteiger partial charge in [0.25, 0.3) is 0 Å². The zero-order chi connectivity index (χ0) is 8.10. The van der Waals surface area contributed by atoms with Gasteiger partial charge in [0.2, 0.25) is 0 Å². The molecule has 0 radical (unpaired) electrons. The van der Waals surface area contributed by atoms with Crippen LogP contribution in [0.3, 0.4) is 0 Å². The van der Waals surface area contributed by atoms with E-state index in [1.54, 1.807) is 12.1 Å². The fraction of sp³-hybridized carbons (Fsp3) is 0. The van der Waals surface area contributed by atoms with Gasteiger partial charge >= 0.3 is 22.7 Å². The Balaban J connectivity index is 2.58. The van der Waals surface area contributed by atoms with E-state index in [9.17, 15) is 4.79 Å². The predicted molar refractivity (Wildman–Crippen MR) is 45.1 cm³/mol. The third-order valence-electron chi connectivity index (χ3n) is 1.21. The molecule has 0 aliphatic heterocycles. The standard InChI is InChI=1S/C7H7NO2.Al.2H/c9-7(10)8-6-4-2-1-3-5-6;;;/h1-5,8H,(H,9,10);;;/q;+1;;/p-1. The number of hydrogen-bond acceptors (Lipinski definition) is 2. The Bertz CT molecular complexity index is 237. The summed E-state index contributed by atoms with van der Waals surface area (Å²) in [6, 6.07) is 9.19. The van der Waals surface area contributed by atoms with Crippen molar-refractivity contribution in [3.63, 3.8) is 0 Å². The number of benzene rings is 1. The maximum atomic E-state index is 10.7. The summed E-state index contributed by atoms with van der Waals surface area (Å²) in [7, 11) is 0. The number of carbonyl (C=O) groups excluding carboxylic acids is 1. The minimum atomic E-state index is -0.386. The first-order valence-corrected chi connectivity index (χ1v) is 4.04. The molecule has 0 aliphatic rings. The van der Waals surface area contributed by atoms with Crippen molar-refractivity contribution in [2.45, 2.75) is 0 Å². The molecule has 0 spiro atoms. The molecule has 1 aromatic rings. The summed E-state index contributed by atoms with van der Waals surface area (Å²) in [5.41, 5.74) is 0.758. The second-order valence-corrected chi connectivity index (χ2v) is 2.39. The van der Waals surface area contributed by atoms with Crippen LogP contribution in [-0.4, -0.2) is 22.7 Å². The molecular weight excluding hydrogens is 157 g/mol. The first-order valence-electron chi connectivity index (χ1n) is 3.23. The number of amides is 1. The van der Waals surface area contributed by atoms with Crippen molar-refractivity contribution in [1.82, 2.24) is 0 Å². The van der Waals surface area contributed by atoms with Crippen LogP contribution in [0.4, 0.5) is 10.5 Å². The van der Waals surface area contributed by atoms with Crippen LogP contribution in [0.25, 0.3) is 0 Å². The number of nitrogens with one attached hydrogen (secondary N) is 1. The lowest BCUT2D eigenvalue weighted by molar-refractivity contribution is 0.219. The second kappa shape index (κ2) is 4.02. The lowest BCUT2D eigenvalue weighted by Crippen LogP contribution is -2.11. The highest BCUT2D eigenvalue weighted by molar-refractivity contribution is 6.07. The summed E-state index contributed by atoms with van der Waals surface area (Å²) in [5, 5.41) is 2.57. The van der Waals surface area contributed by atoms with Gasteiger partial charge in [0.15, 0.2) is 0 Å². The molecule has 11 heavy (non-hydrogen) atoms. The maximum absolute atomic E-state index is 10.7. The van der Waals surface area contributed by atoms with Gasteiger partial charge in [-0.15, -0.1) is 0 Å². The average molecular weight is 165 g/mol. The number of rotatable bonds is 1. The first-order chi connectivity index (χ1) is 5.33. The Labute approximate surface area is 73.1 Å². The lowest BCUT2D eigenvalue weighted by atomic mass is 10.3. The van der Waals surface area contributed by atoms with Crippen LogP contribution in [0.2, 0.25) is 0 Å². The minimum absolute atomic E-state index is 0.386. The van der Waals surface area contributed by atoms with Crippen molar-refractivity contribution in [3.05, 3.63) is 30.3 Å². The molecule has 0 bridgehead atoms. The van der Waals surface area contributed by atoms with E-state index in [-0.39, 0.29) is 6.09 Å². The summed E-state index contributed by atoms with van der Waals surface area (Å²) >= 11 is 0.422. The van der Waals surface area contributed by atoms with E-state index in [0.717, 1.165) is 5.69 Å². The molecule has 0 aromatic heterocycles. The summed E-state index contributed by atoms with van der Waals surface area (Å²) in [4.78, 5) is 10.7. The fourth-order valence-electron chi connectivity index (χ4n) is 0.690. The largest absolute Gasteiger partial charge is 0.606 e. The summed E-state index contributed by atoms with van der Waals surface area (Å²) in [6.45, 7) is 0. The van der Waals surface area contributed by atoms with Crippen LogP contribution in [0.15, 0.2) is 30.3 Å². The van der Waals surface area contributed by atoms with E-state index >= 15 is 0 Å². The molecule has 1 rings (SSSR count). The molecule has 0 saturated heterocycles. The van der Waals surface area contributed by atoms with Crippen LogP contribution < -0.4 is 5.32 Å². The van der Waals surface area contributed by atoms with Gasteiger partial charge in [-0.1, -0.05) is 18.2 Å². The Hall–Kier alpha value is -0.978. The van der Waals surface area contributed by atoms with Crippen molar-refractivity contribution >= 4 is 28.4 Å². The van der Waals surface area contributed by atoms with Crippen LogP contribution in [0, 0.1) is 0 Å². The van der Waals surface area contributed by atoms with Gasteiger partial charge in [-0.25, -0.2) is 4.79 Å². The van der Waals surface area contributed by atoms with Crippen molar-refractivity contribution in [2.75, 3.05) is 5.32 Å². The van der Waals surface area contributed by atoms with Crippen molar-refractivity contribution in [1.29, 1.82) is 0 Å². The predicted octanol–water partition coefficient (Wildman–Crippen LogP) is 0.783. The molecule has 1 amide bonds. The molecule has 1 N–H and O–H groups in total. The second-order valence-electron chi connectivity index (χ2n) is 1.98. The normalized spacial score (nSPS) is 8.73. The Morgan fingerprint density at radius 1 is 1.36 bits per heavy atom. The zero-order valence-electron chi connectivity index (χ0n) is 6.20. The molecule has 0 unspecified atom stereocenters. The molecule has 0 heterocycles. The van der Waals surface area contributed by atoms with Crippen molar-refractivity contribution < 1.29 is 8.58 Å². The van der Waals surface area contributed by atoms with Gasteiger partial charge in [0.1, 0.15) is 0 Å². The van der Waals surface area contributed by atoms with Crippen LogP contribution in [0.5, 0.6) is 0 Å². The molecule has 56 valence electrons. The summed E-state index contributed by atoms with van der Waals surface area (Å²) < 4.78 is 4.54. The Kier molecular flexibility index (Phi) is 2.97. The van der Waals surface area contributed by atoms with Crippen LogP contribution in [0.1, 0.15) is 0 Å². The molecule has 1 aromatic carbocycles. The van der Waals surface area contributed by atoms with E-state index in [1.165, 1.54) is 0 Å². The molecule has 3 nitrogen and oxygen atoms in total. The number of para-hydroxylation sites is 1. The molecular formula is C7H8AlNO2. The van der Waals surface area contributed by atoms with Gasteiger partial charge in [0, 0.05) is 5.69 Å². The van der Waals surface area contributed by atoms with Crippen molar-refractivity contribution in [2.24, 2.45) is 0 Å². The van der Waals surface area contributed by atoms with Crippen LogP contribution in [-0.2, 0) is 3.79 Å². The monoisotopic (exact) mass is 165 g/mol. The quantitative estimate of drug-likeness (QED) is 0.624. The number of hydrogen-bond donors (Lipinski definition) is 1. The highest BCUT2D eigenvalue weighted by Crippen LogP contribution is 2.04. The summed E-state index contributed by atoms with van der Waals surface area (Å²) in [6.07, 6.45) is -0.386. The topological polar surface area (TPSA) is 38.3 Å². The first kappa shape index (κ1) is 8.12. The van der Waals surface area contributed by atoms with E-state index in [4.69, 9.17) is 0 Å². The highest BCUT2D eigenvalue weighted by atomic mass is 27.1. The zero-order valence-corrected chi connectivity index (χ0v) is 8.20. The molecule has 4 heteroatoms. The van der Waals surface area contributed by atoms with Gasteiger partial charge in [-0.05, 0) is 12.1 Å². The Morgan fingerprint density at radius 2 is 2.00 bits per heavy atom. The highest BCUT2D eigenvalue weighted by Gasteiger charge is 1.95. The van der Waals surface area contributed by atoms with Crippen molar-refractivity contribution in [3.8, 4) is 0 Å². The van der Waals surface area contributed by atoms with Gasteiger partial charge in [0.05, 0.1) is 0 Å². The molecule has 0 fully saturated rings. The van der Waals surface area contributed by atoms with E-state index < -0.39 is 0 Å². The molecule has 0 atom stereocenters. The van der Waals surface area contributed by atoms with Gasteiger partial charge < -0.3 is 3.79 Å². The van der Waals surface area contributed by atoms with Gasteiger partial charge in [-0.3, -0.25) is 5.32 Å². The minimum Gasteiger partial charge on any atom is -0.606 e. The van der Waals surface area contributed by atoms with E-state index in [1.807, 2.05) is 18.2 Å². The maximum Gasteiger partial charge on any atom is 0.501 e. The summed E-state index contributed by atoms with van der Waals surface area (Å²) in [5.74, 6) is 0. The number of anilines is 1. The third-order valence-corrected chi connectivity index (χ3v) is 1.58. The average Bonchev–Trinajstić information content (AvgIpc) is 2.06. The van der Waals surface area contributed by atoms with E-state index in [2.05, 4.69) is 9.11 Å². The SMILES string of the molecule is O=C(Nc1ccccc1)[O][AlH2]. The number of carbonyl (C=O) groups is 1. The van der Waals surface area contributed by atoms with Crippen LogP contribution >= 0.6 is 0 Å². The molecule has 0 aliphatic carbocycles. The third kappa shape index (κ3) is 2.62. The fourth-order valence-corrected chi connectivity index (χ4v) is 0.792. The smallest absolute Gasteiger partial charge is 0.501 e. The van der Waals surface area contributed by atoms with E-state index in [0.29, 0.717) is 16.6 Å². The Morgan fingerprint density at radius 3 is 2.55 bits per heavy atom. The molecule has 0 saturated carbocycles. The van der Waals surface area contributed by atoms with Gasteiger partial charge in [-0.2, -0.15) is 0 Å². The lowest BCUT2D eigenvalue weighted by Gasteiger charge is -2.02.